The number of phenolic OH excluding ortho intramolecular Hbond substituents is 1. The lowest BCUT2D eigenvalue weighted by Crippen LogP contribution is -2.46. The van der Waals surface area contributed by atoms with Crippen LogP contribution in [0.5, 0.6) is 5.75 Å². The van der Waals surface area contributed by atoms with E-state index in [0.29, 0.717) is 0 Å². The maximum absolute atomic E-state index is 11.9. The van der Waals surface area contributed by atoms with Crippen LogP contribution in [0.3, 0.4) is 0 Å². The number of esters is 1. The maximum atomic E-state index is 11.9. The fourth-order valence-corrected chi connectivity index (χ4v) is 2.38. The van der Waals surface area contributed by atoms with Gasteiger partial charge in [-0.25, -0.2) is 0 Å². The Morgan fingerprint density at radius 3 is 2.50 bits per heavy atom. The van der Waals surface area contributed by atoms with Crippen molar-refractivity contribution in [1.82, 2.24) is 0 Å². The van der Waals surface area contributed by atoms with Gasteiger partial charge in [0.2, 0.25) is 5.79 Å². The van der Waals surface area contributed by atoms with Crippen molar-refractivity contribution < 1.29 is 39.8 Å². The fourth-order valence-electron chi connectivity index (χ4n) is 2.38. The summed E-state index contributed by atoms with van der Waals surface area (Å²) in [5, 5.41) is 47.3. The first-order valence-electron chi connectivity index (χ1n) is 7.34. The van der Waals surface area contributed by atoms with Gasteiger partial charge in [0.25, 0.3) is 0 Å². The number of aliphatic hydroxyl groups excluding tert-OH is 3. The molecule has 5 atom stereocenters. The molecule has 0 unspecified atom stereocenters. The molecule has 0 amide bonds. The highest BCUT2D eigenvalue weighted by molar-refractivity contribution is 5.75. The van der Waals surface area contributed by atoms with Crippen LogP contribution in [0.1, 0.15) is 5.56 Å². The monoisotopic (exact) mass is 343 g/mol. The molecule has 0 aliphatic carbocycles. The molecule has 0 aromatic heterocycles. The Morgan fingerprint density at radius 1 is 1.33 bits per heavy atom. The third-order valence-corrected chi connectivity index (χ3v) is 3.83. The predicted octanol–water partition coefficient (Wildman–Crippen LogP) is -2.39. The van der Waals surface area contributed by atoms with E-state index in [9.17, 15) is 25.2 Å². The molecule has 0 bridgehead atoms. The van der Waals surface area contributed by atoms with Crippen LogP contribution in [0.2, 0.25) is 0 Å². The average molecular weight is 343 g/mol. The van der Waals surface area contributed by atoms with Crippen LogP contribution in [0.15, 0.2) is 24.3 Å². The summed E-state index contributed by atoms with van der Waals surface area (Å²) >= 11 is 0. The van der Waals surface area contributed by atoms with Gasteiger partial charge in [0, 0.05) is 0 Å². The van der Waals surface area contributed by atoms with E-state index >= 15 is 0 Å². The van der Waals surface area contributed by atoms with Crippen molar-refractivity contribution >= 4 is 5.97 Å². The molecule has 1 saturated heterocycles. The maximum Gasteiger partial charge on any atom is 0.323 e. The van der Waals surface area contributed by atoms with Gasteiger partial charge in [-0.2, -0.15) is 0 Å². The Hall–Kier alpha value is -1.75. The van der Waals surface area contributed by atoms with Gasteiger partial charge in [-0.1, -0.05) is 12.1 Å². The third kappa shape index (κ3) is 4.01. The van der Waals surface area contributed by atoms with Crippen molar-refractivity contribution in [3.8, 4) is 5.75 Å². The second-order valence-electron chi connectivity index (χ2n) is 5.70. The smallest absolute Gasteiger partial charge is 0.323 e. The summed E-state index contributed by atoms with van der Waals surface area (Å²) in [6.45, 7) is -1.36. The minimum Gasteiger partial charge on any atom is -0.508 e. The highest BCUT2D eigenvalue weighted by Crippen LogP contribution is 2.29. The standard InChI is InChI=1S/C15H21NO8/c16-10(5-8-1-3-9(18)4-2-8)14(21)23-6-11-12(19)13(20)15(22,7-17)24-11/h1-4,10-13,17-20,22H,5-7,16H2/t10-,11+,12+,13-,15+/m0/s1. The first-order valence-corrected chi connectivity index (χ1v) is 7.34. The number of hydrogen-bond acceptors (Lipinski definition) is 9. The van der Waals surface area contributed by atoms with Gasteiger partial charge >= 0.3 is 5.97 Å². The molecule has 24 heavy (non-hydrogen) atoms. The van der Waals surface area contributed by atoms with Gasteiger partial charge in [0.15, 0.2) is 0 Å². The highest BCUT2D eigenvalue weighted by Gasteiger charge is 2.53. The number of aromatic hydroxyl groups is 1. The molecule has 0 radical (unpaired) electrons. The summed E-state index contributed by atoms with van der Waals surface area (Å²) in [5.41, 5.74) is 6.46. The summed E-state index contributed by atoms with van der Waals surface area (Å²) in [6.07, 6.45) is -4.27. The number of phenols is 1. The lowest BCUT2D eigenvalue weighted by Gasteiger charge is -2.22. The number of aliphatic hydroxyl groups is 4. The van der Waals surface area contributed by atoms with E-state index in [2.05, 4.69) is 0 Å². The number of carbonyl (C=O) groups excluding carboxylic acids is 1. The summed E-state index contributed by atoms with van der Waals surface area (Å²) in [4.78, 5) is 11.9. The molecule has 9 nitrogen and oxygen atoms in total. The Kier molecular flexibility index (Phi) is 5.75. The molecule has 0 saturated carbocycles. The summed E-state index contributed by atoms with van der Waals surface area (Å²) in [5.74, 6) is -2.96. The summed E-state index contributed by atoms with van der Waals surface area (Å²) in [7, 11) is 0. The van der Waals surface area contributed by atoms with Crippen LogP contribution in [-0.4, -0.2) is 74.9 Å². The zero-order valence-corrected chi connectivity index (χ0v) is 12.8. The molecule has 1 aliphatic rings. The van der Waals surface area contributed by atoms with Crippen molar-refractivity contribution in [2.45, 2.75) is 36.6 Å². The number of hydrogen-bond donors (Lipinski definition) is 6. The van der Waals surface area contributed by atoms with Gasteiger partial charge < -0.3 is 40.7 Å². The van der Waals surface area contributed by atoms with E-state index < -0.39 is 49.3 Å². The SMILES string of the molecule is N[C@@H](Cc1ccc(O)cc1)C(=O)OC[C@H]1O[C@](O)(CO)[C@@H](O)[C@@H]1O. The molecule has 1 aromatic carbocycles. The Labute approximate surface area is 137 Å². The van der Waals surface area contributed by atoms with Crippen LogP contribution < -0.4 is 5.73 Å². The van der Waals surface area contributed by atoms with Gasteiger partial charge in [-0.3, -0.25) is 4.79 Å². The number of rotatable bonds is 6. The second-order valence-corrected chi connectivity index (χ2v) is 5.70. The number of ether oxygens (including phenoxy) is 2. The number of carbonyl (C=O) groups is 1. The minimum atomic E-state index is -2.30. The van der Waals surface area contributed by atoms with Crippen LogP contribution >= 0.6 is 0 Å². The Balaban J connectivity index is 1.85. The van der Waals surface area contributed by atoms with Crippen molar-refractivity contribution in [3.63, 3.8) is 0 Å². The zero-order chi connectivity index (χ0) is 17.9. The Bertz CT molecular complexity index is 565. The normalized spacial score (nSPS) is 31.0. The van der Waals surface area contributed by atoms with Gasteiger partial charge in [0.05, 0.1) is 6.61 Å². The predicted molar refractivity (Wildman–Crippen MR) is 79.7 cm³/mol. The molecule has 7 N–H and O–H groups in total. The molecular formula is C15H21NO8. The first kappa shape index (κ1) is 18.6. The third-order valence-electron chi connectivity index (χ3n) is 3.83. The van der Waals surface area contributed by atoms with Crippen molar-refractivity contribution in [2.24, 2.45) is 5.73 Å². The van der Waals surface area contributed by atoms with Crippen LogP contribution in [0, 0.1) is 0 Å². The molecule has 0 spiro atoms. The molecule has 2 rings (SSSR count). The minimum absolute atomic E-state index is 0.0946. The van der Waals surface area contributed by atoms with Gasteiger partial charge in [-0.15, -0.1) is 0 Å². The summed E-state index contributed by atoms with van der Waals surface area (Å²) in [6, 6.07) is 5.18. The summed E-state index contributed by atoms with van der Waals surface area (Å²) < 4.78 is 9.88. The molecule has 9 heteroatoms. The van der Waals surface area contributed by atoms with Crippen LogP contribution in [-0.2, 0) is 20.7 Å². The largest absolute Gasteiger partial charge is 0.508 e. The van der Waals surface area contributed by atoms with E-state index in [0.717, 1.165) is 5.56 Å². The topological polar surface area (TPSA) is 163 Å². The zero-order valence-electron chi connectivity index (χ0n) is 12.8. The van der Waals surface area contributed by atoms with E-state index in [1.165, 1.54) is 12.1 Å². The molecule has 134 valence electrons. The molecular weight excluding hydrogens is 322 g/mol. The number of benzene rings is 1. The highest BCUT2D eigenvalue weighted by atomic mass is 16.7. The second kappa shape index (κ2) is 7.43. The number of nitrogens with two attached hydrogens (primary N) is 1. The van der Waals surface area contributed by atoms with Crippen LogP contribution in [0.4, 0.5) is 0 Å². The fraction of sp³-hybridized carbons (Fsp3) is 0.533. The van der Waals surface area contributed by atoms with Gasteiger partial charge in [-0.05, 0) is 24.1 Å². The van der Waals surface area contributed by atoms with E-state index in [-0.39, 0.29) is 12.2 Å². The van der Waals surface area contributed by atoms with E-state index in [4.69, 9.17) is 20.3 Å². The van der Waals surface area contributed by atoms with Crippen molar-refractivity contribution in [3.05, 3.63) is 29.8 Å². The molecule has 1 fully saturated rings. The average Bonchev–Trinajstić information content (AvgIpc) is 2.79. The first-order chi connectivity index (χ1) is 11.3. The van der Waals surface area contributed by atoms with E-state index in [1.807, 2.05) is 0 Å². The lowest BCUT2D eigenvalue weighted by atomic mass is 10.1. The van der Waals surface area contributed by atoms with Crippen molar-refractivity contribution in [1.29, 1.82) is 0 Å². The van der Waals surface area contributed by atoms with Crippen LogP contribution in [0.25, 0.3) is 0 Å². The van der Waals surface area contributed by atoms with Crippen molar-refractivity contribution in [2.75, 3.05) is 13.2 Å². The molecule has 1 aromatic rings. The van der Waals surface area contributed by atoms with Gasteiger partial charge in [0.1, 0.15) is 36.7 Å². The Morgan fingerprint density at radius 2 is 1.96 bits per heavy atom. The van der Waals surface area contributed by atoms with E-state index in [1.54, 1.807) is 12.1 Å². The lowest BCUT2D eigenvalue weighted by molar-refractivity contribution is -0.249. The molecule has 1 heterocycles. The quantitative estimate of drug-likeness (QED) is 0.309. The molecule has 1 aliphatic heterocycles.